The van der Waals surface area contributed by atoms with Gasteiger partial charge < -0.3 is 10.6 Å². The van der Waals surface area contributed by atoms with Gasteiger partial charge in [-0.2, -0.15) is 13.2 Å². The molecule has 0 atom stereocenters. The van der Waals surface area contributed by atoms with Crippen molar-refractivity contribution in [1.29, 1.82) is 0 Å². The normalized spacial score (nSPS) is 11.4. The monoisotopic (exact) mass is 281 g/mol. The van der Waals surface area contributed by atoms with Gasteiger partial charge in [0.1, 0.15) is 5.69 Å². The Morgan fingerprint density at radius 1 is 1.15 bits per heavy atom. The molecule has 20 heavy (non-hydrogen) atoms. The molecule has 0 saturated carbocycles. The number of rotatable bonds is 2. The van der Waals surface area contributed by atoms with Crippen LogP contribution in [0.4, 0.5) is 30.2 Å². The van der Waals surface area contributed by atoms with Crippen LogP contribution in [0.1, 0.15) is 11.3 Å². The molecule has 2 aromatic rings. The lowest BCUT2D eigenvalue weighted by molar-refractivity contribution is -0.141. The molecule has 0 unspecified atom stereocenters. The molecule has 1 aromatic carbocycles. The summed E-state index contributed by atoms with van der Waals surface area (Å²) in [6, 6.07) is 8.36. The maximum absolute atomic E-state index is 12.7. The Labute approximate surface area is 114 Å². The van der Waals surface area contributed by atoms with Crippen LogP contribution < -0.4 is 10.6 Å². The summed E-state index contributed by atoms with van der Waals surface area (Å²) in [5.74, 6) is 0. The number of alkyl halides is 3. The Morgan fingerprint density at radius 2 is 1.75 bits per heavy atom. The Morgan fingerprint density at radius 3 is 2.30 bits per heavy atom. The van der Waals surface area contributed by atoms with E-state index in [1.54, 1.807) is 11.9 Å². The first-order chi connectivity index (χ1) is 9.29. The van der Waals surface area contributed by atoms with Crippen LogP contribution in [0.25, 0.3) is 0 Å². The van der Waals surface area contributed by atoms with E-state index < -0.39 is 11.9 Å². The van der Waals surface area contributed by atoms with Gasteiger partial charge in [-0.15, -0.1) is 0 Å². The van der Waals surface area contributed by atoms with Crippen molar-refractivity contribution in [1.82, 2.24) is 4.98 Å². The minimum Gasteiger partial charge on any atom is -0.396 e. The standard InChI is InChI=1S/C14H14F3N3/c1-9-3-5-10(6-4-9)20(2)12-7-13(14(15,16)17)19-8-11(12)18/h3-8H,18H2,1-2H3. The number of halogens is 3. The van der Waals surface area contributed by atoms with Crippen LogP contribution in [-0.2, 0) is 6.18 Å². The van der Waals surface area contributed by atoms with Gasteiger partial charge in [-0.1, -0.05) is 17.7 Å². The van der Waals surface area contributed by atoms with Crippen molar-refractivity contribution in [2.24, 2.45) is 0 Å². The molecule has 0 fully saturated rings. The van der Waals surface area contributed by atoms with Crippen LogP contribution >= 0.6 is 0 Å². The molecule has 0 aliphatic heterocycles. The number of nitrogen functional groups attached to an aromatic ring is 1. The maximum atomic E-state index is 12.7. The van der Waals surface area contributed by atoms with Crippen LogP contribution in [0.2, 0.25) is 0 Å². The van der Waals surface area contributed by atoms with Crippen molar-refractivity contribution in [2.45, 2.75) is 13.1 Å². The molecule has 0 radical (unpaired) electrons. The van der Waals surface area contributed by atoms with E-state index in [1.807, 2.05) is 31.2 Å². The summed E-state index contributed by atoms with van der Waals surface area (Å²) in [4.78, 5) is 4.93. The van der Waals surface area contributed by atoms with Gasteiger partial charge in [-0.25, -0.2) is 4.98 Å². The lowest BCUT2D eigenvalue weighted by Gasteiger charge is -2.22. The Bertz CT molecular complexity index is 606. The molecule has 0 saturated heterocycles. The number of aryl methyl sites for hydroxylation is 1. The van der Waals surface area contributed by atoms with Crippen LogP contribution in [-0.4, -0.2) is 12.0 Å². The van der Waals surface area contributed by atoms with Gasteiger partial charge in [-0.05, 0) is 25.1 Å². The molecule has 2 N–H and O–H groups in total. The first-order valence-corrected chi connectivity index (χ1v) is 5.92. The summed E-state index contributed by atoms with van der Waals surface area (Å²) in [6.45, 7) is 1.94. The van der Waals surface area contributed by atoms with Gasteiger partial charge in [0.25, 0.3) is 0 Å². The van der Waals surface area contributed by atoms with E-state index >= 15 is 0 Å². The van der Waals surface area contributed by atoms with E-state index in [-0.39, 0.29) is 11.4 Å². The summed E-state index contributed by atoms with van der Waals surface area (Å²) in [6.07, 6.45) is -3.46. The summed E-state index contributed by atoms with van der Waals surface area (Å²) in [5, 5.41) is 0. The summed E-state index contributed by atoms with van der Waals surface area (Å²) < 4.78 is 38.1. The van der Waals surface area contributed by atoms with Crippen LogP contribution in [0.5, 0.6) is 0 Å². The van der Waals surface area contributed by atoms with Crippen molar-refractivity contribution in [3.63, 3.8) is 0 Å². The summed E-state index contributed by atoms with van der Waals surface area (Å²) in [5.41, 5.74) is 7.06. The minimum atomic E-state index is -4.49. The third kappa shape index (κ3) is 2.84. The molecule has 106 valence electrons. The smallest absolute Gasteiger partial charge is 0.396 e. The van der Waals surface area contributed by atoms with Crippen molar-refractivity contribution in [2.75, 3.05) is 17.7 Å². The highest BCUT2D eigenvalue weighted by atomic mass is 19.4. The van der Waals surface area contributed by atoms with Gasteiger partial charge in [0.2, 0.25) is 0 Å². The number of nitrogens with zero attached hydrogens (tertiary/aromatic N) is 2. The molecular weight excluding hydrogens is 267 g/mol. The van der Waals surface area contributed by atoms with Crippen molar-refractivity contribution < 1.29 is 13.2 Å². The van der Waals surface area contributed by atoms with Crippen molar-refractivity contribution >= 4 is 17.1 Å². The number of aromatic nitrogens is 1. The largest absolute Gasteiger partial charge is 0.433 e. The zero-order valence-electron chi connectivity index (χ0n) is 11.1. The fraction of sp³-hybridized carbons (Fsp3) is 0.214. The molecule has 0 aliphatic rings. The van der Waals surface area contributed by atoms with Gasteiger partial charge in [0.15, 0.2) is 0 Å². The number of benzene rings is 1. The quantitative estimate of drug-likeness (QED) is 0.911. The molecule has 3 nitrogen and oxygen atoms in total. The molecule has 1 heterocycles. The molecule has 0 bridgehead atoms. The number of hydrogen-bond acceptors (Lipinski definition) is 3. The second kappa shape index (κ2) is 5.03. The van der Waals surface area contributed by atoms with Crippen LogP contribution in [0, 0.1) is 6.92 Å². The van der Waals surface area contributed by atoms with Crippen LogP contribution in [0.3, 0.4) is 0 Å². The molecule has 2 rings (SSSR count). The van der Waals surface area contributed by atoms with Gasteiger partial charge in [0, 0.05) is 12.7 Å². The topological polar surface area (TPSA) is 42.2 Å². The third-order valence-corrected chi connectivity index (χ3v) is 2.98. The van der Waals surface area contributed by atoms with E-state index in [0.717, 1.165) is 23.5 Å². The van der Waals surface area contributed by atoms with E-state index in [2.05, 4.69) is 4.98 Å². The number of pyridine rings is 1. The fourth-order valence-corrected chi connectivity index (χ4v) is 1.81. The highest BCUT2D eigenvalue weighted by Gasteiger charge is 2.33. The summed E-state index contributed by atoms with van der Waals surface area (Å²) in [7, 11) is 1.66. The molecule has 0 spiro atoms. The SMILES string of the molecule is Cc1ccc(N(C)c2cc(C(F)(F)F)ncc2N)cc1. The Balaban J connectivity index is 2.43. The van der Waals surface area contributed by atoms with Gasteiger partial charge >= 0.3 is 6.18 Å². The third-order valence-electron chi connectivity index (χ3n) is 2.98. The molecule has 6 heteroatoms. The molecular formula is C14H14F3N3. The minimum absolute atomic E-state index is 0.195. The maximum Gasteiger partial charge on any atom is 0.433 e. The zero-order valence-corrected chi connectivity index (χ0v) is 11.1. The van der Waals surface area contributed by atoms with E-state index in [9.17, 15) is 13.2 Å². The average molecular weight is 281 g/mol. The lowest BCUT2D eigenvalue weighted by Crippen LogP contribution is -2.15. The fourth-order valence-electron chi connectivity index (χ4n) is 1.81. The van der Waals surface area contributed by atoms with Crippen molar-refractivity contribution in [3.8, 4) is 0 Å². The zero-order chi connectivity index (χ0) is 14.9. The molecule has 1 aromatic heterocycles. The first-order valence-electron chi connectivity index (χ1n) is 5.92. The first kappa shape index (κ1) is 14.2. The second-order valence-electron chi connectivity index (χ2n) is 4.52. The van der Waals surface area contributed by atoms with E-state index in [4.69, 9.17) is 5.73 Å². The number of anilines is 3. The number of hydrogen-bond donors (Lipinski definition) is 1. The van der Waals surface area contributed by atoms with Gasteiger partial charge in [-0.3, -0.25) is 0 Å². The number of nitrogens with two attached hydrogens (primary N) is 1. The predicted molar refractivity (Wildman–Crippen MR) is 72.9 cm³/mol. The summed E-state index contributed by atoms with van der Waals surface area (Å²) >= 11 is 0. The predicted octanol–water partition coefficient (Wildman–Crippen LogP) is 3.76. The van der Waals surface area contributed by atoms with E-state index in [0.29, 0.717) is 0 Å². The molecule has 0 aliphatic carbocycles. The average Bonchev–Trinajstić information content (AvgIpc) is 2.38. The van der Waals surface area contributed by atoms with Crippen LogP contribution in [0.15, 0.2) is 36.5 Å². The Kier molecular flexibility index (Phi) is 3.57. The highest BCUT2D eigenvalue weighted by Crippen LogP contribution is 2.34. The highest BCUT2D eigenvalue weighted by molar-refractivity contribution is 5.74. The van der Waals surface area contributed by atoms with Crippen molar-refractivity contribution in [3.05, 3.63) is 47.8 Å². The van der Waals surface area contributed by atoms with E-state index in [1.165, 1.54) is 0 Å². The second-order valence-corrected chi connectivity index (χ2v) is 4.52. The van der Waals surface area contributed by atoms with Gasteiger partial charge in [0.05, 0.1) is 17.6 Å². The Hall–Kier alpha value is -2.24. The lowest BCUT2D eigenvalue weighted by atomic mass is 10.2. The molecule has 0 amide bonds.